The van der Waals surface area contributed by atoms with Gasteiger partial charge in [0.05, 0.1) is 24.9 Å². The zero-order valence-corrected chi connectivity index (χ0v) is 18.9. The molecule has 6 nitrogen and oxygen atoms in total. The Bertz CT molecular complexity index is 1000. The molecule has 3 aliphatic rings. The average Bonchev–Trinajstić information content (AvgIpc) is 2.79. The molecular formula is C26H31NO5. The lowest BCUT2D eigenvalue weighted by molar-refractivity contribution is -0.184. The summed E-state index contributed by atoms with van der Waals surface area (Å²) in [4.78, 5) is 15.5. The van der Waals surface area contributed by atoms with Gasteiger partial charge in [-0.2, -0.15) is 0 Å². The molecule has 2 aromatic rings. The second-order valence-electron chi connectivity index (χ2n) is 9.68. The van der Waals surface area contributed by atoms with Gasteiger partial charge >= 0.3 is 0 Å². The number of amides is 1. The SMILES string of the molecule is COCc1ccc(C(=O)N2CCC[C@H]3O[C@H]4c5cccc(O)c5OC(C)(C)[C@@H]4C[C@H]32)cc1. The first kappa shape index (κ1) is 21.3. The first-order chi connectivity index (χ1) is 15.4. The standard InChI is InChI=1S/C26H31NO5/c1-26(2)19-14-20-22(31-23(19)18-6-4-7-21(28)24(18)32-26)8-5-13-27(20)25(29)17-11-9-16(10-12-17)15-30-3/h4,6-7,9-12,19-20,22-23,28H,5,8,13-15H2,1-3H3/t19-,20-,22-,23+/m1/s1. The van der Waals surface area contributed by atoms with Crippen molar-refractivity contribution < 1.29 is 24.1 Å². The van der Waals surface area contributed by atoms with Crippen LogP contribution < -0.4 is 4.74 Å². The van der Waals surface area contributed by atoms with Crippen LogP contribution in [-0.4, -0.2) is 47.3 Å². The number of methoxy groups -OCH3 is 1. The number of hydrogen-bond donors (Lipinski definition) is 1. The molecule has 3 heterocycles. The number of rotatable bonds is 3. The van der Waals surface area contributed by atoms with Crippen molar-refractivity contribution >= 4 is 5.91 Å². The minimum Gasteiger partial charge on any atom is -0.504 e. The van der Waals surface area contributed by atoms with E-state index in [4.69, 9.17) is 14.2 Å². The summed E-state index contributed by atoms with van der Waals surface area (Å²) >= 11 is 0. The summed E-state index contributed by atoms with van der Waals surface area (Å²) in [5.74, 6) is 0.808. The number of para-hydroxylation sites is 1. The molecule has 170 valence electrons. The molecule has 1 N–H and O–H groups in total. The van der Waals surface area contributed by atoms with Gasteiger partial charge in [0.2, 0.25) is 0 Å². The number of phenols is 1. The Balaban J connectivity index is 1.42. The maximum absolute atomic E-state index is 13.5. The highest BCUT2D eigenvalue weighted by Crippen LogP contribution is 2.54. The van der Waals surface area contributed by atoms with Crippen molar-refractivity contribution in [2.45, 2.75) is 63.6 Å². The van der Waals surface area contributed by atoms with Crippen LogP contribution in [0.25, 0.3) is 0 Å². The van der Waals surface area contributed by atoms with E-state index in [0.29, 0.717) is 17.9 Å². The van der Waals surface area contributed by atoms with E-state index in [0.717, 1.165) is 36.9 Å². The number of likely N-dealkylation sites (tertiary alicyclic amines) is 1. The summed E-state index contributed by atoms with van der Waals surface area (Å²) in [5.41, 5.74) is 2.13. The molecule has 6 heteroatoms. The van der Waals surface area contributed by atoms with Crippen LogP contribution in [-0.2, 0) is 16.1 Å². The Labute approximate surface area is 189 Å². The number of hydrogen-bond acceptors (Lipinski definition) is 5. The van der Waals surface area contributed by atoms with Crippen LogP contribution in [0.1, 0.15) is 60.7 Å². The van der Waals surface area contributed by atoms with Crippen LogP contribution in [0, 0.1) is 5.92 Å². The normalized spacial score (nSPS) is 28.2. The Morgan fingerprint density at radius 3 is 2.75 bits per heavy atom. The molecule has 0 unspecified atom stereocenters. The van der Waals surface area contributed by atoms with Crippen LogP contribution in [0.5, 0.6) is 11.5 Å². The van der Waals surface area contributed by atoms with E-state index in [-0.39, 0.29) is 35.8 Å². The number of carbonyl (C=O) groups is 1. The molecule has 0 bridgehead atoms. The first-order valence-electron chi connectivity index (χ1n) is 11.4. The average molecular weight is 438 g/mol. The number of aromatic hydroxyl groups is 1. The molecule has 2 fully saturated rings. The number of piperidine rings is 1. The van der Waals surface area contributed by atoms with Crippen molar-refractivity contribution in [1.29, 1.82) is 0 Å². The lowest BCUT2D eigenvalue weighted by Gasteiger charge is -2.54. The highest BCUT2D eigenvalue weighted by molar-refractivity contribution is 5.94. The highest BCUT2D eigenvalue weighted by atomic mass is 16.5. The minimum atomic E-state index is -0.518. The van der Waals surface area contributed by atoms with Crippen LogP contribution in [0.15, 0.2) is 42.5 Å². The molecule has 5 rings (SSSR count). The molecule has 1 amide bonds. The predicted molar refractivity (Wildman–Crippen MR) is 120 cm³/mol. The van der Waals surface area contributed by atoms with Crippen LogP contribution in [0.2, 0.25) is 0 Å². The van der Waals surface area contributed by atoms with Gasteiger partial charge in [-0.05, 0) is 56.9 Å². The zero-order valence-electron chi connectivity index (χ0n) is 18.9. The fourth-order valence-corrected chi connectivity index (χ4v) is 5.61. The van der Waals surface area contributed by atoms with E-state index >= 15 is 0 Å². The molecule has 0 spiro atoms. The Hall–Kier alpha value is -2.57. The number of ether oxygens (including phenoxy) is 3. The lowest BCUT2D eigenvalue weighted by Crippen LogP contribution is -2.60. The molecule has 0 aliphatic carbocycles. The molecule has 2 aromatic carbocycles. The third-order valence-corrected chi connectivity index (χ3v) is 7.26. The molecule has 0 radical (unpaired) electrons. The second kappa shape index (κ2) is 8.09. The van der Waals surface area contributed by atoms with Gasteiger partial charge in [0, 0.05) is 30.7 Å². The van der Waals surface area contributed by atoms with Gasteiger partial charge in [-0.25, -0.2) is 0 Å². The molecule has 32 heavy (non-hydrogen) atoms. The second-order valence-corrected chi connectivity index (χ2v) is 9.68. The maximum Gasteiger partial charge on any atom is 0.254 e. The van der Waals surface area contributed by atoms with E-state index in [1.54, 1.807) is 13.2 Å². The van der Waals surface area contributed by atoms with Gasteiger partial charge in [0.1, 0.15) is 5.60 Å². The maximum atomic E-state index is 13.5. The van der Waals surface area contributed by atoms with Crippen molar-refractivity contribution in [3.63, 3.8) is 0 Å². The Kier molecular flexibility index (Phi) is 5.38. The van der Waals surface area contributed by atoms with Gasteiger partial charge in [-0.3, -0.25) is 4.79 Å². The summed E-state index contributed by atoms with van der Waals surface area (Å²) in [6.45, 7) is 5.37. The summed E-state index contributed by atoms with van der Waals surface area (Å²) in [6.07, 6.45) is 2.49. The fourth-order valence-electron chi connectivity index (χ4n) is 5.61. The summed E-state index contributed by atoms with van der Waals surface area (Å²) in [5, 5.41) is 10.4. The monoisotopic (exact) mass is 437 g/mol. The number of phenolic OH excluding ortho intramolecular Hbond substituents is 1. The van der Waals surface area contributed by atoms with E-state index in [2.05, 4.69) is 0 Å². The number of nitrogens with zero attached hydrogens (tertiary/aromatic N) is 1. The van der Waals surface area contributed by atoms with E-state index < -0.39 is 5.60 Å². The van der Waals surface area contributed by atoms with Gasteiger partial charge in [-0.15, -0.1) is 0 Å². The topological polar surface area (TPSA) is 68.2 Å². The predicted octanol–water partition coefficient (Wildman–Crippen LogP) is 4.46. The Morgan fingerprint density at radius 2 is 2.00 bits per heavy atom. The highest BCUT2D eigenvalue weighted by Gasteiger charge is 2.53. The Morgan fingerprint density at radius 1 is 1.22 bits per heavy atom. The quantitative estimate of drug-likeness (QED) is 0.768. The van der Waals surface area contributed by atoms with Crippen LogP contribution >= 0.6 is 0 Å². The van der Waals surface area contributed by atoms with Gasteiger partial charge in [0.25, 0.3) is 5.91 Å². The van der Waals surface area contributed by atoms with Crippen molar-refractivity contribution in [2.75, 3.05) is 13.7 Å². The van der Waals surface area contributed by atoms with Gasteiger partial charge in [-0.1, -0.05) is 24.3 Å². The number of fused-ring (bicyclic) bond motifs is 4. The molecule has 4 atom stereocenters. The molecule has 3 aliphatic heterocycles. The third-order valence-electron chi connectivity index (χ3n) is 7.26. The van der Waals surface area contributed by atoms with Crippen molar-refractivity contribution in [1.82, 2.24) is 4.90 Å². The van der Waals surface area contributed by atoms with Gasteiger partial charge < -0.3 is 24.2 Å². The van der Waals surface area contributed by atoms with Crippen LogP contribution in [0.4, 0.5) is 0 Å². The van der Waals surface area contributed by atoms with E-state index in [1.807, 2.05) is 55.1 Å². The number of carbonyl (C=O) groups excluding carboxylic acids is 1. The first-order valence-corrected chi connectivity index (χ1v) is 11.4. The zero-order chi connectivity index (χ0) is 22.5. The van der Waals surface area contributed by atoms with Gasteiger partial charge in [0.15, 0.2) is 11.5 Å². The van der Waals surface area contributed by atoms with Crippen molar-refractivity contribution in [3.8, 4) is 11.5 Å². The summed E-state index contributed by atoms with van der Waals surface area (Å²) < 4.78 is 18.1. The molecule has 0 saturated carbocycles. The molecule has 2 saturated heterocycles. The van der Waals surface area contributed by atoms with E-state index in [1.165, 1.54) is 0 Å². The summed E-state index contributed by atoms with van der Waals surface area (Å²) in [6, 6.07) is 13.2. The minimum absolute atomic E-state index is 0.0119. The van der Waals surface area contributed by atoms with E-state index in [9.17, 15) is 9.90 Å². The molecule has 0 aromatic heterocycles. The summed E-state index contributed by atoms with van der Waals surface area (Å²) in [7, 11) is 1.67. The lowest BCUT2D eigenvalue weighted by atomic mass is 9.72. The van der Waals surface area contributed by atoms with Crippen LogP contribution in [0.3, 0.4) is 0 Å². The smallest absolute Gasteiger partial charge is 0.254 e. The van der Waals surface area contributed by atoms with Crippen molar-refractivity contribution in [2.24, 2.45) is 5.92 Å². The fraction of sp³-hybridized carbons (Fsp3) is 0.500. The largest absolute Gasteiger partial charge is 0.504 e. The van der Waals surface area contributed by atoms with Crippen molar-refractivity contribution in [3.05, 3.63) is 59.2 Å². The third kappa shape index (κ3) is 3.55. The number of benzene rings is 2. The molecular weight excluding hydrogens is 406 g/mol.